The summed E-state index contributed by atoms with van der Waals surface area (Å²) in [6, 6.07) is 46.2. The third kappa shape index (κ3) is 9.32. The summed E-state index contributed by atoms with van der Waals surface area (Å²) >= 11 is 8.57. The van der Waals surface area contributed by atoms with E-state index in [1.54, 1.807) is 59.1 Å². The molecule has 0 spiro atoms. The Morgan fingerprint density at radius 3 is 1.49 bits per heavy atom. The molecule has 0 aliphatic heterocycles. The average Bonchev–Trinajstić information content (AvgIpc) is 3.77. The molecule has 9 heteroatoms. The Hall–Kier alpha value is -5.67. The second kappa shape index (κ2) is 16.4. The lowest BCUT2D eigenvalue weighted by Gasteiger charge is -2.05. The van der Waals surface area contributed by atoms with Crippen LogP contribution >= 0.6 is 34.3 Å². The molecule has 0 atom stereocenters. The van der Waals surface area contributed by atoms with Crippen LogP contribution in [0.2, 0.25) is 0 Å². The number of halogens is 1. The number of thiazole rings is 2. The zero-order valence-corrected chi connectivity index (χ0v) is 30.2. The van der Waals surface area contributed by atoms with Crippen LogP contribution in [0.5, 0.6) is 0 Å². The Balaban J connectivity index is 0.000000148. The molecular formula is C42H33ClN4O2S2. The zero-order valence-electron chi connectivity index (χ0n) is 27.8. The predicted molar refractivity (Wildman–Crippen MR) is 215 cm³/mol. The van der Waals surface area contributed by atoms with Crippen LogP contribution in [0.1, 0.15) is 31.8 Å². The summed E-state index contributed by atoms with van der Waals surface area (Å²) in [5, 5.41) is 4.54. The van der Waals surface area contributed by atoms with Crippen molar-refractivity contribution in [2.75, 3.05) is 11.1 Å². The lowest BCUT2D eigenvalue weighted by Crippen LogP contribution is -2.11. The minimum absolute atomic E-state index is 0.108. The molecule has 0 fully saturated rings. The lowest BCUT2D eigenvalue weighted by atomic mass is 10.2. The molecule has 0 bridgehead atoms. The van der Waals surface area contributed by atoms with Crippen molar-refractivity contribution in [3.05, 3.63) is 168 Å². The number of nitrogens with two attached hydrogens (primary N) is 1. The first kappa shape index (κ1) is 35.2. The molecule has 1 amide bonds. The molecule has 8 rings (SSSR count). The number of hydrogen-bond donors (Lipinski definition) is 2. The van der Waals surface area contributed by atoms with Gasteiger partial charge in [0.05, 0.1) is 20.4 Å². The van der Waals surface area contributed by atoms with Crippen molar-refractivity contribution in [2.24, 2.45) is 0 Å². The van der Waals surface area contributed by atoms with Gasteiger partial charge in [-0.1, -0.05) is 60.7 Å². The van der Waals surface area contributed by atoms with E-state index in [1.165, 1.54) is 20.5 Å². The van der Waals surface area contributed by atoms with Gasteiger partial charge in [0, 0.05) is 33.6 Å². The molecule has 0 saturated heterocycles. The van der Waals surface area contributed by atoms with E-state index in [0.29, 0.717) is 11.1 Å². The summed E-state index contributed by atoms with van der Waals surface area (Å²) in [4.78, 5) is 31.9. The van der Waals surface area contributed by atoms with E-state index in [9.17, 15) is 9.59 Å². The van der Waals surface area contributed by atoms with E-state index < -0.39 is 5.24 Å². The van der Waals surface area contributed by atoms with Crippen molar-refractivity contribution in [1.82, 2.24) is 9.97 Å². The molecule has 51 heavy (non-hydrogen) atoms. The van der Waals surface area contributed by atoms with E-state index in [1.807, 2.05) is 72.8 Å². The maximum atomic E-state index is 12.2. The Morgan fingerprint density at radius 1 is 0.588 bits per heavy atom. The van der Waals surface area contributed by atoms with Crippen molar-refractivity contribution in [2.45, 2.75) is 13.8 Å². The van der Waals surface area contributed by atoms with Gasteiger partial charge in [-0.15, -0.1) is 22.7 Å². The summed E-state index contributed by atoms with van der Waals surface area (Å²) < 4.78 is 2.42. The van der Waals surface area contributed by atoms with E-state index in [4.69, 9.17) is 22.3 Å². The summed E-state index contributed by atoms with van der Waals surface area (Å²) in [6.07, 6.45) is 0. The number of nitrogen functional groups attached to an aromatic ring is 1. The van der Waals surface area contributed by atoms with Crippen LogP contribution < -0.4 is 11.1 Å². The number of anilines is 2. The van der Waals surface area contributed by atoms with Crippen molar-refractivity contribution in [3.63, 3.8) is 0 Å². The van der Waals surface area contributed by atoms with E-state index in [-0.39, 0.29) is 5.91 Å². The topological polar surface area (TPSA) is 98.0 Å². The van der Waals surface area contributed by atoms with Gasteiger partial charge in [0.2, 0.25) is 0 Å². The third-order valence-electron chi connectivity index (χ3n) is 7.67. The van der Waals surface area contributed by atoms with Gasteiger partial charge in [0.15, 0.2) is 0 Å². The van der Waals surface area contributed by atoms with Crippen LogP contribution in [0, 0.1) is 13.8 Å². The Labute approximate surface area is 309 Å². The molecule has 0 radical (unpaired) electrons. The fraction of sp³-hybridized carbons (Fsp3) is 0.0476. The van der Waals surface area contributed by atoms with E-state index >= 15 is 0 Å². The van der Waals surface area contributed by atoms with Crippen molar-refractivity contribution >= 4 is 77.2 Å². The van der Waals surface area contributed by atoms with Gasteiger partial charge in [-0.2, -0.15) is 0 Å². The second-order valence-corrected chi connectivity index (χ2v) is 14.0. The number of nitrogens with one attached hydrogen (secondary N) is 1. The number of aryl methyl sites for hydroxylation is 2. The van der Waals surface area contributed by atoms with Gasteiger partial charge in [-0.05, 0) is 122 Å². The Bertz CT molecular complexity index is 2410. The molecule has 0 saturated carbocycles. The largest absolute Gasteiger partial charge is 0.399 e. The lowest BCUT2D eigenvalue weighted by molar-refractivity contribution is 0.102. The summed E-state index contributed by atoms with van der Waals surface area (Å²) in [7, 11) is 0. The number of nitrogens with zero attached hydrogens (tertiary/aromatic N) is 2. The number of fused-ring (bicyclic) bond motifs is 2. The van der Waals surface area contributed by atoms with Crippen LogP contribution in [0.15, 0.2) is 146 Å². The first-order chi connectivity index (χ1) is 24.7. The van der Waals surface area contributed by atoms with Crippen LogP contribution in [-0.2, 0) is 0 Å². The normalized spacial score (nSPS) is 10.5. The molecule has 6 nitrogen and oxygen atoms in total. The number of hydrogen-bond acceptors (Lipinski definition) is 7. The van der Waals surface area contributed by atoms with Crippen LogP contribution in [0.4, 0.5) is 11.4 Å². The number of carbonyl (C=O) groups is 2. The minimum Gasteiger partial charge on any atom is -0.399 e. The number of rotatable bonds is 5. The quantitative estimate of drug-likeness (QED) is 0.136. The number of amides is 1. The van der Waals surface area contributed by atoms with Crippen LogP contribution in [0.3, 0.4) is 0 Å². The summed E-state index contributed by atoms with van der Waals surface area (Å²) in [5.74, 6) is -0.108. The maximum Gasteiger partial charge on any atom is 0.255 e. The van der Waals surface area contributed by atoms with Crippen molar-refractivity contribution < 1.29 is 9.59 Å². The zero-order chi connectivity index (χ0) is 35.7. The predicted octanol–water partition coefficient (Wildman–Crippen LogP) is 11.4. The summed E-state index contributed by atoms with van der Waals surface area (Å²) in [5.41, 5.74) is 15.2. The van der Waals surface area contributed by atoms with E-state index in [0.717, 1.165) is 43.6 Å². The monoisotopic (exact) mass is 724 g/mol. The van der Waals surface area contributed by atoms with Gasteiger partial charge in [0.1, 0.15) is 10.0 Å². The second-order valence-electron chi connectivity index (χ2n) is 11.6. The van der Waals surface area contributed by atoms with Gasteiger partial charge in [0.25, 0.3) is 11.1 Å². The molecule has 2 aromatic heterocycles. The average molecular weight is 725 g/mol. The highest BCUT2D eigenvalue weighted by atomic mass is 35.5. The fourth-order valence-electron chi connectivity index (χ4n) is 4.99. The SMILES string of the molecule is Cc1ccc2nc(-c3ccc(N)cc3)sc2c1.Cc1ccc2nc(-c3ccc(NC(=O)c4ccccc4)cc3)sc2c1.O=C(Cl)c1ccccc1. The molecular weight excluding hydrogens is 692 g/mol. The van der Waals surface area contributed by atoms with E-state index in [2.05, 4.69) is 60.5 Å². The molecule has 252 valence electrons. The molecule has 3 N–H and O–H groups in total. The first-order valence-corrected chi connectivity index (χ1v) is 18.0. The fourth-order valence-corrected chi connectivity index (χ4v) is 7.26. The van der Waals surface area contributed by atoms with Gasteiger partial charge in [-0.3, -0.25) is 9.59 Å². The number of carbonyl (C=O) groups excluding carboxylic acids is 2. The maximum absolute atomic E-state index is 12.2. The Kier molecular flexibility index (Phi) is 11.3. The smallest absolute Gasteiger partial charge is 0.255 e. The van der Waals surface area contributed by atoms with Crippen LogP contribution in [0.25, 0.3) is 41.6 Å². The van der Waals surface area contributed by atoms with Gasteiger partial charge in [-0.25, -0.2) is 9.97 Å². The molecule has 8 aromatic rings. The molecule has 0 unspecified atom stereocenters. The minimum atomic E-state index is -0.407. The first-order valence-electron chi connectivity index (χ1n) is 16.0. The third-order valence-corrected chi connectivity index (χ3v) is 10.0. The van der Waals surface area contributed by atoms with Crippen LogP contribution in [-0.4, -0.2) is 21.1 Å². The molecule has 0 aliphatic carbocycles. The highest BCUT2D eigenvalue weighted by Crippen LogP contribution is 2.32. The van der Waals surface area contributed by atoms with Gasteiger partial charge < -0.3 is 11.1 Å². The number of aromatic nitrogens is 2. The molecule has 0 aliphatic rings. The highest BCUT2D eigenvalue weighted by molar-refractivity contribution is 7.22. The molecule has 6 aromatic carbocycles. The van der Waals surface area contributed by atoms with Crippen molar-refractivity contribution in [3.8, 4) is 21.1 Å². The standard InChI is InChI=1S/C21H16N2OS.C14H12N2S.C7H5ClO/c1-14-7-12-18-19(13-14)25-21(23-18)16-8-10-17(11-9-16)22-20(24)15-5-3-2-4-6-15;1-9-2-7-12-13(8-9)17-14(16-12)10-3-5-11(15)6-4-10;8-7(9)6-4-2-1-3-5-6/h2-13H,1H3,(H,22,24);2-8H,15H2,1H3;1-5H. The summed E-state index contributed by atoms with van der Waals surface area (Å²) in [6.45, 7) is 4.19. The Morgan fingerprint density at radius 2 is 1.04 bits per heavy atom. The molecule has 2 heterocycles. The number of benzene rings is 6. The van der Waals surface area contributed by atoms with Gasteiger partial charge >= 0.3 is 0 Å². The highest BCUT2D eigenvalue weighted by Gasteiger charge is 2.09. The van der Waals surface area contributed by atoms with Crippen molar-refractivity contribution in [1.29, 1.82) is 0 Å².